The first-order valence-electron chi connectivity index (χ1n) is 3.49. The molecule has 0 saturated carbocycles. The van der Waals surface area contributed by atoms with Crippen LogP contribution in [-0.2, 0) is 9.53 Å². The van der Waals surface area contributed by atoms with Gasteiger partial charge >= 0.3 is 5.97 Å². The van der Waals surface area contributed by atoms with E-state index < -0.39 is 18.2 Å². The second-order valence-electron chi connectivity index (χ2n) is 2.43. The zero-order chi connectivity index (χ0) is 9.14. The third-order valence-electron chi connectivity index (χ3n) is 1.65. The number of rotatable bonds is 1. The minimum atomic E-state index is -1.18. The second-order valence-corrected chi connectivity index (χ2v) is 2.43. The molecule has 66 valence electrons. The van der Waals surface area contributed by atoms with Crippen molar-refractivity contribution in [2.45, 2.75) is 12.2 Å². The minimum absolute atomic E-state index is 0.0764. The Morgan fingerprint density at radius 3 is 2.83 bits per heavy atom. The van der Waals surface area contributed by atoms with Crippen molar-refractivity contribution in [1.29, 1.82) is 0 Å². The number of esters is 1. The normalized spacial score (nSPS) is 28.1. The molecule has 2 N–H and O–H groups in total. The largest absolute Gasteiger partial charge is 0.466 e. The van der Waals surface area contributed by atoms with Crippen molar-refractivity contribution in [3.63, 3.8) is 0 Å². The Morgan fingerprint density at radius 2 is 2.25 bits per heavy atom. The summed E-state index contributed by atoms with van der Waals surface area (Å²) in [5.74, 6) is -0.620. The number of allylic oxidation sites excluding steroid dienone is 2. The Balaban J connectivity index is 2.82. The third-order valence-corrected chi connectivity index (χ3v) is 1.65. The summed E-state index contributed by atoms with van der Waals surface area (Å²) in [6.07, 6.45) is 2.12. The van der Waals surface area contributed by atoms with Crippen LogP contribution in [0.5, 0.6) is 0 Å². The van der Waals surface area contributed by atoms with Crippen LogP contribution in [0, 0.1) is 0 Å². The van der Waals surface area contributed by atoms with E-state index in [2.05, 4.69) is 4.74 Å². The molecule has 12 heavy (non-hydrogen) atoms. The summed E-state index contributed by atoms with van der Waals surface area (Å²) in [5, 5.41) is 18.4. The van der Waals surface area contributed by atoms with Crippen molar-refractivity contribution in [1.82, 2.24) is 0 Å². The lowest BCUT2D eigenvalue weighted by Gasteiger charge is -2.18. The minimum Gasteiger partial charge on any atom is -0.466 e. The number of carbonyl (C=O) groups excluding carboxylic acids is 1. The molecule has 1 aliphatic carbocycles. The molecule has 4 nitrogen and oxygen atoms in total. The van der Waals surface area contributed by atoms with Crippen molar-refractivity contribution >= 4 is 5.97 Å². The van der Waals surface area contributed by atoms with Crippen LogP contribution in [0.4, 0.5) is 0 Å². The predicted octanol–water partition coefficient (Wildman–Crippen LogP) is -0.623. The summed E-state index contributed by atoms with van der Waals surface area (Å²) in [6, 6.07) is 0. The van der Waals surface area contributed by atoms with E-state index >= 15 is 0 Å². The summed E-state index contributed by atoms with van der Waals surface area (Å²) >= 11 is 0. The van der Waals surface area contributed by atoms with Gasteiger partial charge in [0, 0.05) is 0 Å². The summed E-state index contributed by atoms with van der Waals surface area (Å²) < 4.78 is 4.40. The summed E-state index contributed by atoms with van der Waals surface area (Å²) in [6.45, 7) is 0. The number of ether oxygens (including phenoxy) is 1. The predicted molar refractivity (Wildman–Crippen MR) is 41.3 cm³/mol. The fourth-order valence-electron chi connectivity index (χ4n) is 0.968. The van der Waals surface area contributed by atoms with Crippen LogP contribution in [0.15, 0.2) is 23.8 Å². The number of aliphatic hydroxyl groups is 2. The van der Waals surface area contributed by atoms with Gasteiger partial charge < -0.3 is 14.9 Å². The Kier molecular flexibility index (Phi) is 2.62. The average molecular weight is 170 g/mol. The third kappa shape index (κ3) is 1.54. The highest BCUT2D eigenvalue weighted by atomic mass is 16.5. The smallest absolute Gasteiger partial charge is 0.336 e. The molecule has 0 saturated heterocycles. The quantitative estimate of drug-likeness (QED) is 0.514. The lowest BCUT2D eigenvalue weighted by molar-refractivity contribution is -0.137. The number of methoxy groups -OCH3 is 1. The first-order chi connectivity index (χ1) is 5.66. The van der Waals surface area contributed by atoms with E-state index in [9.17, 15) is 9.90 Å². The molecule has 4 heteroatoms. The molecule has 0 aromatic carbocycles. The van der Waals surface area contributed by atoms with Gasteiger partial charge in [0.15, 0.2) is 0 Å². The zero-order valence-electron chi connectivity index (χ0n) is 6.60. The van der Waals surface area contributed by atoms with Crippen LogP contribution in [0.25, 0.3) is 0 Å². The molecule has 0 aliphatic heterocycles. The van der Waals surface area contributed by atoms with E-state index in [1.807, 2.05) is 0 Å². The molecule has 0 unspecified atom stereocenters. The molecule has 0 bridgehead atoms. The molecular formula is C8H10O4. The maximum atomic E-state index is 10.9. The lowest BCUT2D eigenvalue weighted by Crippen LogP contribution is -2.31. The highest BCUT2D eigenvalue weighted by molar-refractivity contribution is 5.90. The monoisotopic (exact) mass is 170 g/mol. The van der Waals surface area contributed by atoms with E-state index in [-0.39, 0.29) is 5.57 Å². The molecule has 1 aliphatic rings. The molecule has 0 aromatic rings. The van der Waals surface area contributed by atoms with Crippen molar-refractivity contribution in [2.24, 2.45) is 0 Å². The van der Waals surface area contributed by atoms with Gasteiger partial charge in [0.25, 0.3) is 0 Å². The van der Waals surface area contributed by atoms with Crippen LogP contribution in [0.1, 0.15) is 0 Å². The van der Waals surface area contributed by atoms with Gasteiger partial charge in [0.2, 0.25) is 0 Å². The number of hydrogen-bond acceptors (Lipinski definition) is 4. The number of carbonyl (C=O) groups is 1. The molecule has 1 rings (SSSR count). The first-order valence-corrected chi connectivity index (χ1v) is 3.49. The van der Waals surface area contributed by atoms with Gasteiger partial charge in [-0.1, -0.05) is 12.2 Å². The highest BCUT2D eigenvalue weighted by Crippen LogP contribution is 2.14. The van der Waals surface area contributed by atoms with Crippen molar-refractivity contribution < 1.29 is 19.7 Å². The molecule has 0 fully saturated rings. The molecule has 0 radical (unpaired) electrons. The van der Waals surface area contributed by atoms with Gasteiger partial charge in [-0.15, -0.1) is 0 Å². The highest BCUT2D eigenvalue weighted by Gasteiger charge is 2.26. The molecule has 2 atom stereocenters. The Labute approximate surface area is 69.8 Å². The van der Waals surface area contributed by atoms with Crippen molar-refractivity contribution in [3.8, 4) is 0 Å². The fourth-order valence-corrected chi connectivity index (χ4v) is 0.968. The fraction of sp³-hybridized carbons (Fsp3) is 0.375. The van der Waals surface area contributed by atoms with E-state index in [0.29, 0.717) is 0 Å². The van der Waals surface area contributed by atoms with Crippen molar-refractivity contribution in [3.05, 3.63) is 23.8 Å². The standard InChI is InChI=1S/C8H10O4/c1-12-8(11)5-3-2-4-6(9)7(5)10/h2-4,6-7,9-10H,1H3/t6-,7-/m0/s1. The average Bonchev–Trinajstić information content (AvgIpc) is 2.08. The van der Waals surface area contributed by atoms with Gasteiger partial charge in [-0.2, -0.15) is 0 Å². The number of hydrogen-bond donors (Lipinski definition) is 2. The molecule has 0 spiro atoms. The van der Waals surface area contributed by atoms with Crippen LogP contribution in [-0.4, -0.2) is 35.5 Å². The van der Waals surface area contributed by atoms with E-state index in [1.54, 1.807) is 0 Å². The van der Waals surface area contributed by atoms with E-state index in [0.717, 1.165) is 0 Å². The summed E-state index contributed by atoms with van der Waals surface area (Å²) in [5.41, 5.74) is 0.0764. The molecule has 0 amide bonds. The first kappa shape index (κ1) is 8.96. The van der Waals surface area contributed by atoms with Gasteiger partial charge in [-0.3, -0.25) is 0 Å². The molecule has 0 heterocycles. The molecular weight excluding hydrogens is 160 g/mol. The number of aliphatic hydroxyl groups excluding tert-OH is 2. The SMILES string of the molecule is COC(=O)C1=CC=C[C@H](O)[C@H]1O. The lowest BCUT2D eigenvalue weighted by atomic mass is 9.99. The summed E-state index contributed by atoms with van der Waals surface area (Å²) in [4.78, 5) is 10.9. The second kappa shape index (κ2) is 3.51. The van der Waals surface area contributed by atoms with E-state index in [4.69, 9.17) is 5.11 Å². The maximum absolute atomic E-state index is 10.9. The maximum Gasteiger partial charge on any atom is 0.336 e. The van der Waals surface area contributed by atoms with Crippen LogP contribution in [0.3, 0.4) is 0 Å². The Hall–Kier alpha value is -1.13. The van der Waals surface area contributed by atoms with Gasteiger partial charge in [0.05, 0.1) is 12.7 Å². The van der Waals surface area contributed by atoms with Crippen LogP contribution in [0.2, 0.25) is 0 Å². The topological polar surface area (TPSA) is 66.8 Å². The summed E-state index contributed by atoms with van der Waals surface area (Å²) in [7, 11) is 1.22. The Bertz CT molecular complexity index is 241. The Morgan fingerprint density at radius 1 is 1.58 bits per heavy atom. The van der Waals surface area contributed by atoms with Gasteiger partial charge in [-0.25, -0.2) is 4.79 Å². The zero-order valence-corrected chi connectivity index (χ0v) is 6.60. The van der Waals surface area contributed by atoms with Gasteiger partial charge in [-0.05, 0) is 6.08 Å². The van der Waals surface area contributed by atoms with Crippen molar-refractivity contribution in [2.75, 3.05) is 7.11 Å². The van der Waals surface area contributed by atoms with Crippen LogP contribution < -0.4 is 0 Å². The van der Waals surface area contributed by atoms with Crippen LogP contribution >= 0.6 is 0 Å². The molecule has 0 aromatic heterocycles. The van der Waals surface area contributed by atoms with Gasteiger partial charge in [0.1, 0.15) is 12.2 Å². The van der Waals surface area contributed by atoms with E-state index in [1.165, 1.54) is 25.3 Å².